The lowest BCUT2D eigenvalue weighted by Gasteiger charge is -2.08. The second-order valence-electron chi connectivity index (χ2n) is 5.81. The number of carbonyl (C=O) groups excluding carboxylic acids is 1. The highest BCUT2D eigenvalue weighted by Gasteiger charge is 2.18. The summed E-state index contributed by atoms with van der Waals surface area (Å²) in [5.41, 5.74) is 3.00. The second kappa shape index (κ2) is 7.16. The standard InChI is InChI=1S/C21H18N2O3/c1-13-5-4-6-18-20(13)17(12-23-18)21(24)15(11-22)9-14-7-8-16(25-2)10-19(14)26-3/h4-10,12,23H,1-3H3/b15-9+. The summed E-state index contributed by atoms with van der Waals surface area (Å²) in [6.07, 6.45) is 3.19. The predicted molar refractivity (Wildman–Crippen MR) is 101 cm³/mol. The number of aromatic amines is 1. The van der Waals surface area contributed by atoms with Crippen LogP contribution in [0.25, 0.3) is 17.0 Å². The Kier molecular flexibility index (Phi) is 4.76. The minimum atomic E-state index is -0.328. The van der Waals surface area contributed by atoms with Crippen molar-refractivity contribution in [1.82, 2.24) is 4.98 Å². The van der Waals surface area contributed by atoms with Crippen molar-refractivity contribution in [1.29, 1.82) is 5.26 Å². The number of aryl methyl sites for hydroxylation is 1. The molecule has 1 heterocycles. The molecule has 130 valence electrons. The normalized spacial score (nSPS) is 11.2. The summed E-state index contributed by atoms with van der Waals surface area (Å²) in [6, 6.07) is 13.0. The Bertz CT molecular complexity index is 1050. The number of hydrogen-bond acceptors (Lipinski definition) is 4. The topological polar surface area (TPSA) is 75.1 Å². The average molecular weight is 346 g/mol. The third-order valence-electron chi connectivity index (χ3n) is 4.26. The van der Waals surface area contributed by atoms with E-state index in [1.54, 1.807) is 31.5 Å². The van der Waals surface area contributed by atoms with Crippen LogP contribution in [0.1, 0.15) is 21.5 Å². The minimum absolute atomic E-state index is 0.0395. The van der Waals surface area contributed by atoms with Crippen molar-refractivity contribution in [2.75, 3.05) is 14.2 Å². The zero-order valence-electron chi connectivity index (χ0n) is 14.8. The van der Waals surface area contributed by atoms with Crippen LogP contribution in [0.3, 0.4) is 0 Å². The molecule has 0 bridgehead atoms. The summed E-state index contributed by atoms with van der Waals surface area (Å²) < 4.78 is 10.5. The van der Waals surface area contributed by atoms with Crippen molar-refractivity contribution < 1.29 is 14.3 Å². The number of benzene rings is 2. The van der Waals surface area contributed by atoms with E-state index < -0.39 is 0 Å². The van der Waals surface area contributed by atoms with Gasteiger partial charge in [-0.1, -0.05) is 12.1 Å². The first-order valence-corrected chi connectivity index (χ1v) is 8.04. The van der Waals surface area contributed by atoms with Crippen LogP contribution >= 0.6 is 0 Å². The number of nitrogens with one attached hydrogen (secondary N) is 1. The van der Waals surface area contributed by atoms with Gasteiger partial charge in [-0.05, 0) is 36.8 Å². The summed E-state index contributed by atoms with van der Waals surface area (Å²) in [5.74, 6) is 0.835. The van der Waals surface area contributed by atoms with E-state index in [-0.39, 0.29) is 11.4 Å². The zero-order chi connectivity index (χ0) is 18.7. The molecule has 1 aromatic heterocycles. The fraction of sp³-hybridized carbons (Fsp3) is 0.143. The number of methoxy groups -OCH3 is 2. The third-order valence-corrected chi connectivity index (χ3v) is 4.26. The highest BCUT2D eigenvalue weighted by Crippen LogP contribution is 2.28. The summed E-state index contributed by atoms with van der Waals surface area (Å²) in [5, 5.41) is 10.4. The molecule has 2 aromatic carbocycles. The van der Waals surface area contributed by atoms with E-state index in [9.17, 15) is 10.1 Å². The number of allylic oxidation sites excluding steroid dienone is 1. The molecular weight excluding hydrogens is 328 g/mol. The van der Waals surface area contributed by atoms with Gasteiger partial charge < -0.3 is 14.5 Å². The van der Waals surface area contributed by atoms with Gasteiger partial charge in [0.05, 0.1) is 14.2 Å². The van der Waals surface area contributed by atoms with Gasteiger partial charge in [-0.15, -0.1) is 0 Å². The number of hydrogen-bond donors (Lipinski definition) is 1. The van der Waals surface area contributed by atoms with Gasteiger partial charge in [0.1, 0.15) is 23.1 Å². The maximum Gasteiger partial charge on any atom is 0.205 e. The lowest BCUT2D eigenvalue weighted by atomic mass is 9.99. The van der Waals surface area contributed by atoms with Crippen LogP contribution in [0, 0.1) is 18.3 Å². The SMILES string of the molecule is COc1ccc(/C=C(\C#N)C(=O)c2c[nH]c3cccc(C)c23)c(OC)c1. The van der Waals surface area contributed by atoms with Crippen LogP contribution in [0.15, 0.2) is 48.2 Å². The number of fused-ring (bicyclic) bond motifs is 1. The van der Waals surface area contributed by atoms with Crippen LogP contribution in [0.4, 0.5) is 0 Å². The molecule has 0 saturated carbocycles. The smallest absolute Gasteiger partial charge is 0.205 e. The van der Waals surface area contributed by atoms with E-state index in [1.807, 2.05) is 31.2 Å². The van der Waals surface area contributed by atoms with Crippen molar-refractivity contribution in [2.24, 2.45) is 0 Å². The van der Waals surface area contributed by atoms with Crippen LogP contribution in [-0.2, 0) is 0 Å². The zero-order valence-corrected chi connectivity index (χ0v) is 14.8. The first-order chi connectivity index (χ1) is 12.6. The lowest BCUT2D eigenvalue weighted by Crippen LogP contribution is -2.02. The first kappa shape index (κ1) is 17.3. The fourth-order valence-corrected chi connectivity index (χ4v) is 2.93. The third kappa shape index (κ3) is 3.05. The van der Waals surface area contributed by atoms with E-state index in [1.165, 1.54) is 13.2 Å². The predicted octanol–water partition coefficient (Wildman–Crippen LogP) is 4.28. The fourth-order valence-electron chi connectivity index (χ4n) is 2.93. The van der Waals surface area contributed by atoms with E-state index in [2.05, 4.69) is 4.98 Å². The average Bonchev–Trinajstić information content (AvgIpc) is 3.11. The molecule has 0 unspecified atom stereocenters. The van der Waals surface area contributed by atoms with Gasteiger partial charge in [0.15, 0.2) is 0 Å². The van der Waals surface area contributed by atoms with Crippen molar-refractivity contribution in [3.05, 3.63) is 64.9 Å². The number of Topliss-reactive ketones (excluding diaryl/α,β-unsaturated/α-hetero) is 1. The van der Waals surface area contributed by atoms with Gasteiger partial charge in [0, 0.05) is 34.3 Å². The molecule has 0 atom stereocenters. The van der Waals surface area contributed by atoms with Gasteiger partial charge in [0.2, 0.25) is 5.78 Å². The van der Waals surface area contributed by atoms with Crippen LogP contribution in [0.5, 0.6) is 11.5 Å². The maximum absolute atomic E-state index is 13.0. The van der Waals surface area contributed by atoms with Crippen molar-refractivity contribution >= 4 is 22.8 Å². The molecule has 5 nitrogen and oxygen atoms in total. The highest BCUT2D eigenvalue weighted by molar-refractivity contribution is 6.20. The molecule has 0 fully saturated rings. The number of ketones is 1. The largest absolute Gasteiger partial charge is 0.497 e. The Hall–Kier alpha value is -3.52. The van der Waals surface area contributed by atoms with Crippen LogP contribution in [-0.4, -0.2) is 25.0 Å². The van der Waals surface area contributed by atoms with Crippen LogP contribution < -0.4 is 9.47 Å². The number of ether oxygens (including phenoxy) is 2. The Balaban J connectivity index is 2.07. The summed E-state index contributed by atoms with van der Waals surface area (Å²) >= 11 is 0. The van der Waals surface area contributed by atoms with E-state index >= 15 is 0 Å². The van der Waals surface area contributed by atoms with Crippen molar-refractivity contribution in [2.45, 2.75) is 6.92 Å². The van der Waals surface area contributed by atoms with Crippen LogP contribution in [0.2, 0.25) is 0 Å². The van der Waals surface area contributed by atoms with Gasteiger partial charge in [0.25, 0.3) is 0 Å². The Labute approximate surface area is 151 Å². The quantitative estimate of drug-likeness (QED) is 0.425. The molecule has 26 heavy (non-hydrogen) atoms. The number of carbonyl (C=O) groups is 1. The summed E-state index contributed by atoms with van der Waals surface area (Å²) in [4.78, 5) is 16.0. The van der Waals surface area contributed by atoms with Gasteiger partial charge in [-0.2, -0.15) is 5.26 Å². The summed E-state index contributed by atoms with van der Waals surface area (Å²) in [7, 11) is 3.09. The Morgan fingerprint density at radius 2 is 2.00 bits per heavy atom. The monoisotopic (exact) mass is 346 g/mol. The Morgan fingerprint density at radius 3 is 2.69 bits per heavy atom. The molecule has 3 aromatic rings. The highest BCUT2D eigenvalue weighted by atomic mass is 16.5. The molecule has 1 N–H and O–H groups in total. The molecule has 0 saturated heterocycles. The molecule has 0 spiro atoms. The molecule has 0 radical (unpaired) electrons. The molecular formula is C21H18N2O3. The molecule has 0 aliphatic carbocycles. The molecule has 0 aliphatic rings. The Morgan fingerprint density at radius 1 is 1.19 bits per heavy atom. The van der Waals surface area contributed by atoms with Gasteiger partial charge in [-0.3, -0.25) is 4.79 Å². The molecule has 5 heteroatoms. The molecule has 0 amide bonds. The number of aromatic nitrogens is 1. The molecule has 0 aliphatic heterocycles. The first-order valence-electron chi connectivity index (χ1n) is 8.04. The van der Waals surface area contributed by atoms with E-state index in [0.29, 0.717) is 22.6 Å². The van der Waals surface area contributed by atoms with Crippen molar-refractivity contribution in [3.8, 4) is 17.6 Å². The number of nitriles is 1. The van der Waals surface area contributed by atoms with E-state index in [4.69, 9.17) is 9.47 Å². The van der Waals surface area contributed by atoms with Gasteiger partial charge in [-0.25, -0.2) is 0 Å². The van der Waals surface area contributed by atoms with Gasteiger partial charge >= 0.3 is 0 Å². The van der Waals surface area contributed by atoms with E-state index in [0.717, 1.165) is 16.5 Å². The van der Waals surface area contributed by atoms with Crippen molar-refractivity contribution in [3.63, 3.8) is 0 Å². The maximum atomic E-state index is 13.0. The number of nitrogens with zero attached hydrogens (tertiary/aromatic N) is 1. The summed E-state index contributed by atoms with van der Waals surface area (Å²) in [6.45, 7) is 1.94. The lowest BCUT2D eigenvalue weighted by molar-refractivity contribution is 0.104. The number of H-pyrrole nitrogens is 1. The minimum Gasteiger partial charge on any atom is -0.497 e. The number of rotatable bonds is 5. The second-order valence-corrected chi connectivity index (χ2v) is 5.81. The molecule has 3 rings (SSSR count).